The summed E-state index contributed by atoms with van der Waals surface area (Å²) < 4.78 is 0.392. The molecule has 20 heavy (non-hydrogen) atoms. The molecule has 10 heteroatoms. The third-order valence-electron chi connectivity index (χ3n) is 2.07. The van der Waals surface area contributed by atoms with E-state index < -0.39 is 22.8 Å². The number of carbonyl (C=O) groups excluding carboxylic acids is 1. The molecule has 1 rings (SSSR count). The minimum atomic E-state index is -1.16. The molecule has 0 fully saturated rings. The lowest BCUT2D eigenvalue weighted by atomic mass is 10.3. The lowest BCUT2D eigenvalue weighted by Gasteiger charge is -2.12. The molecule has 0 aliphatic heterocycles. The molecule has 1 amide bonds. The predicted molar refractivity (Wildman–Crippen MR) is 74.6 cm³/mol. The van der Waals surface area contributed by atoms with Gasteiger partial charge < -0.3 is 10.4 Å². The summed E-state index contributed by atoms with van der Waals surface area (Å²) in [6.45, 7) is 1.22. The van der Waals surface area contributed by atoms with Crippen LogP contribution in [0, 0.1) is 10.1 Å². The smallest absolute Gasteiger partial charge is 0.327 e. The molecular formula is C10H10BrN3O5S. The van der Waals surface area contributed by atoms with Gasteiger partial charge in [-0.1, -0.05) is 0 Å². The van der Waals surface area contributed by atoms with E-state index in [2.05, 4.69) is 26.2 Å². The summed E-state index contributed by atoms with van der Waals surface area (Å²) in [6.07, 6.45) is 1.08. The molecule has 1 atom stereocenters. The number of aliphatic carboxylic acids is 1. The van der Waals surface area contributed by atoms with E-state index in [4.69, 9.17) is 5.11 Å². The van der Waals surface area contributed by atoms with Crippen LogP contribution in [0.3, 0.4) is 0 Å². The highest BCUT2D eigenvalue weighted by Crippen LogP contribution is 2.28. The van der Waals surface area contributed by atoms with Gasteiger partial charge in [-0.3, -0.25) is 14.9 Å². The highest BCUT2D eigenvalue weighted by molar-refractivity contribution is 9.10. The van der Waals surface area contributed by atoms with E-state index in [-0.39, 0.29) is 11.4 Å². The van der Waals surface area contributed by atoms with E-state index in [1.807, 2.05) is 0 Å². The molecular weight excluding hydrogens is 354 g/mol. The maximum Gasteiger partial charge on any atom is 0.327 e. The van der Waals surface area contributed by atoms with E-state index in [1.165, 1.54) is 13.0 Å². The Labute approximate surface area is 126 Å². The molecule has 0 radical (unpaired) electrons. The number of carboxylic acids is 1. The van der Waals surface area contributed by atoms with Crippen LogP contribution in [0.2, 0.25) is 0 Å². The second-order valence-electron chi connectivity index (χ2n) is 3.64. The molecule has 0 saturated carbocycles. The minimum absolute atomic E-state index is 0.0539. The van der Waals surface area contributed by atoms with E-state index >= 15 is 0 Å². The first-order chi connectivity index (χ1) is 9.31. The van der Waals surface area contributed by atoms with E-state index in [9.17, 15) is 19.7 Å². The molecule has 0 aliphatic carbocycles. The van der Waals surface area contributed by atoms with Crippen LogP contribution < -0.4 is 5.32 Å². The number of nitrogens with zero attached hydrogens (tertiary/aromatic N) is 2. The third kappa shape index (κ3) is 4.78. The Hall–Kier alpha value is -1.68. The number of amides is 1. The van der Waals surface area contributed by atoms with Crippen molar-refractivity contribution in [3.05, 3.63) is 26.9 Å². The van der Waals surface area contributed by atoms with Gasteiger partial charge in [0.2, 0.25) is 5.91 Å². The first-order valence-electron chi connectivity index (χ1n) is 5.24. The van der Waals surface area contributed by atoms with Crippen LogP contribution in [0.15, 0.2) is 21.8 Å². The summed E-state index contributed by atoms with van der Waals surface area (Å²) in [5.74, 6) is -1.56. The van der Waals surface area contributed by atoms with Gasteiger partial charge in [0.25, 0.3) is 5.69 Å². The standard InChI is InChI=1S/C10H10BrN3O5S/c1-5(15)13-8(10(16)17)4-20-9-7(11)2-6(3-12-9)14(18)19/h2-3,8H,4H2,1H3,(H,13,15)(H,16,17). The van der Waals surface area contributed by atoms with Crippen LogP contribution in [0.1, 0.15) is 6.92 Å². The fraction of sp³-hybridized carbons (Fsp3) is 0.300. The second kappa shape index (κ2) is 7.20. The summed E-state index contributed by atoms with van der Waals surface area (Å²) in [7, 11) is 0. The number of hydrogen-bond acceptors (Lipinski definition) is 6. The number of halogens is 1. The Morgan fingerprint density at radius 3 is 2.75 bits per heavy atom. The Morgan fingerprint density at radius 2 is 2.30 bits per heavy atom. The number of thioether (sulfide) groups is 1. The zero-order valence-electron chi connectivity index (χ0n) is 10.2. The summed E-state index contributed by atoms with van der Waals surface area (Å²) in [6, 6.07) is 0.227. The maximum absolute atomic E-state index is 10.9. The largest absolute Gasteiger partial charge is 0.480 e. The summed E-state index contributed by atoms with van der Waals surface area (Å²) >= 11 is 4.20. The molecule has 1 aromatic heterocycles. The number of pyridine rings is 1. The highest BCUT2D eigenvalue weighted by atomic mass is 79.9. The minimum Gasteiger partial charge on any atom is -0.480 e. The molecule has 0 aromatic carbocycles. The molecule has 2 N–H and O–H groups in total. The second-order valence-corrected chi connectivity index (χ2v) is 5.50. The zero-order chi connectivity index (χ0) is 15.3. The van der Waals surface area contributed by atoms with E-state index in [1.54, 1.807) is 0 Å². The summed E-state index contributed by atoms with van der Waals surface area (Å²) in [4.78, 5) is 35.7. The normalized spacial score (nSPS) is 11.7. The zero-order valence-corrected chi connectivity index (χ0v) is 12.6. The van der Waals surface area contributed by atoms with Gasteiger partial charge in [-0.2, -0.15) is 0 Å². The number of carbonyl (C=O) groups is 2. The van der Waals surface area contributed by atoms with Gasteiger partial charge in [-0.05, 0) is 15.9 Å². The van der Waals surface area contributed by atoms with E-state index in [0.717, 1.165) is 18.0 Å². The molecule has 0 bridgehead atoms. The lowest BCUT2D eigenvalue weighted by Crippen LogP contribution is -2.41. The third-order valence-corrected chi connectivity index (χ3v) is 4.03. The number of carboxylic acid groups (broad SMARTS) is 1. The Bertz CT molecular complexity index is 554. The van der Waals surface area contributed by atoms with Gasteiger partial charge in [-0.15, -0.1) is 11.8 Å². The van der Waals surface area contributed by atoms with Crippen LogP contribution in [0.4, 0.5) is 5.69 Å². The maximum atomic E-state index is 10.9. The van der Waals surface area contributed by atoms with Crippen LogP contribution in [-0.4, -0.2) is 38.7 Å². The Balaban J connectivity index is 2.75. The van der Waals surface area contributed by atoms with Gasteiger partial charge in [0, 0.05) is 18.7 Å². The Morgan fingerprint density at radius 1 is 1.65 bits per heavy atom. The van der Waals surface area contributed by atoms with Crippen molar-refractivity contribution in [3.63, 3.8) is 0 Å². The summed E-state index contributed by atoms with van der Waals surface area (Å²) in [5, 5.41) is 22.2. The monoisotopic (exact) mass is 363 g/mol. The molecule has 108 valence electrons. The fourth-order valence-corrected chi connectivity index (χ4v) is 2.76. The van der Waals surface area contributed by atoms with Gasteiger partial charge in [-0.25, -0.2) is 9.78 Å². The number of aromatic nitrogens is 1. The van der Waals surface area contributed by atoms with Crippen molar-refractivity contribution < 1.29 is 19.6 Å². The van der Waals surface area contributed by atoms with Crippen molar-refractivity contribution >= 4 is 45.3 Å². The topological polar surface area (TPSA) is 122 Å². The quantitative estimate of drug-likeness (QED) is 0.445. The van der Waals surface area contributed by atoms with Crippen molar-refractivity contribution in [2.75, 3.05) is 5.75 Å². The molecule has 8 nitrogen and oxygen atoms in total. The van der Waals surface area contributed by atoms with Crippen LogP contribution in [-0.2, 0) is 9.59 Å². The van der Waals surface area contributed by atoms with Crippen LogP contribution >= 0.6 is 27.7 Å². The van der Waals surface area contributed by atoms with Gasteiger partial charge in [0.1, 0.15) is 17.3 Å². The van der Waals surface area contributed by atoms with Crippen molar-refractivity contribution in [1.29, 1.82) is 0 Å². The fourth-order valence-electron chi connectivity index (χ4n) is 1.20. The first-order valence-corrected chi connectivity index (χ1v) is 7.01. The number of nitro groups is 1. The first kappa shape index (κ1) is 16.4. The van der Waals surface area contributed by atoms with Crippen LogP contribution in [0.25, 0.3) is 0 Å². The highest BCUT2D eigenvalue weighted by Gasteiger charge is 2.20. The average Bonchev–Trinajstić information content (AvgIpc) is 2.34. The predicted octanol–water partition coefficient (Wildman–Crippen LogP) is 1.43. The van der Waals surface area contributed by atoms with Crippen LogP contribution in [0.5, 0.6) is 0 Å². The number of nitrogens with one attached hydrogen (secondary N) is 1. The molecule has 0 spiro atoms. The SMILES string of the molecule is CC(=O)NC(CSc1ncc([N+](=O)[O-])cc1Br)C(=O)O. The van der Waals surface area contributed by atoms with Gasteiger partial charge in [0.15, 0.2) is 0 Å². The summed E-state index contributed by atoms with van der Waals surface area (Å²) in [5.41, 5.74) is -0.169. The molecule has 1 heterocycles. The Kier molecular flexibility index (Phi) is 5.89. The van der Waals surface area contributed by atoms with Crippen molar-refractivity contribution in [2.24, 2.45) is 0 Å². The van der Waals surface area contributed by atoms with Crippen molar-refractivity contribution in [1.82, 2.24) is 10.3 Å². The molecule has 1 aromatic rings. The lowest BCUT2D eigenvalue weighted by molar-refractivity contribution is -0.385. The number of rotatable bonds is 6. The van der Waals surface area contributed by atoms with Crippen molar-refractivity contribution in [2.45, 2.75) is 18.0 Å². The van der Waals surface area contributed by atoms with Gasteiger partial charge >= 0.3 is 5.97 Å². The van der Waals surface area contributed by atoms with Gasteiger partial charge in [0.05, 0.1) is 9.40 Å². The average molecular weight is 364 g/mol. The molecule has 0 saturated heterocycles. The molecule has 0 aliphatic rings. The van der Waals surface area contributed by atoms with Crippen molar-refractivity contribution in [3.8, 4) is 0 Å². The number of hydrogen-bond donors (Lipinski definition) is 2. The van der Waals surface area contributed by atoms with E-state index in [0.29, 0.717) is 9.50 Å². The molecule has 1 unspecified atom stereocenters.